The molecule has 0 radical (unpaired) electrons. The van der Waals surface area contributed by atoms with Crippen LogP contribution in [-0.2, 0) is 0 Å². The molecule has 0 N–H and O–H groups in total. The van der Waals surface area contributed by atoms with Gasteiger partial charge in [0.1, 0.15) is 11.6 Å². The van der Waals surface area contributed by atoms with Crippen LogP contribution in [0, 0.1) is 11.6 Å². The van der Waals surface area contributed by atoms with E-state index in [0.29, 0.717) is 5.01 Å². The number of carbonyl (C=O) groups is 1. The fourth-order valence-corrected chi connectivity index (χ4v) is 2.76. The molecule has 2 aromatic carbocycles. The summed E-state index contributed by atoms with van der Waals surface area (Å²) >= 11 is 1.25. The highest BCUT2D eigenvalue weighted by atomic mass is 32.1. The molecule has 0 atom stereocenters. The lowest BCUT2D eigenvalue weighted by Gasteiger charge is -1.97. The van der Waals surface area contributed by atoms with Crippen LogP contribution in [0.25, 0.3) is 16.3 Å². The molecule has 0 spiro atoms. The van der Waals surface area contributed by atoms with Crippen molar-refractivity contribution in [2.24, 2.45) is 0 Å². The molecule has 0 fully saturated rings. The molecule has 0 aliphatic heterocycles. The normalized spacial score (nSPS) is 11.3. The summed E-state index contributed by atoms with van der Waals surface area (Å²) in [6, 6.07) is 10.9. The Kier molecular flexibility index (Phi) is 3.58. The summed E-state index contributed by atoms with van der Waals surface area (Å²) < 4.78 is 27.8. The van der Waals surface area contributed by atoms with Crippen molar-refractivity contribution in [3.05, 3.63) is 70.7 Å². The first-order valence-corrected chi connectivity index (χ1v) is 6.99. The number of rotatable bonds is 3. The monoisotopic (exact) mass is 301 g/mol. The maximum atomic E-state index is 13.5. The van der Waals surface area contributed by atoms with E-state index in [1.807, 2.05) is 24.3 Å². The lowest BCUT2D eigenvalue weighted by atomic mass is 10.1. The number of thiazole rings is 1. The smallest absolute Gasteiger partial charge is 0.214 e. The molecule has 0 amide bonds. The summed E-state index contributed by atoms with van der Waals surface area (Å²) in [6.07, 6.45) is 2.28. The average molecular weight is 301 g/mol. The lowest BCUT2D eigenvalue weighted by Crippen LogP contribution is -1.94. The maximum absolute atomic E-state index is 13.5. The zero-order chi connectivity index (χ0) is 14.8. The Hall–Kier alpha value is -2.40. The lowest BCUT2D eigenvalue weighted by molar-refractivity contribution is 0.104. The van der Waals surface area contributed by atoms with Gasteiger partial charge in [-0.2, -0.15) is 0 Å². The van der Waals surface area contributed by atoms with Gasteiger partial charge in [0.2, 0.25) is 5.78 Å². The van der Waals surface area contributed by atoms with E-state index in [-0.39, 0.29) is 11.3 Å². The van der Waals surface area contributed by atoms with Crippen LogP contribution in [0.2, 0.25) is 0 Å². The number of hydrogen-bond acceptors (Lipinski definition) is 3. The van der Waals surface area contributed by atoms with Gasteiger partial charge in [0, 0.05) is 5.56 Å². The number of benzene rings is 2. The first kappa shape index (κ1) is 13.6. The summed E-state index contributed by atoms with van der Waals surface area (Å²) in [6.45, 7) is 0. The van der Waals surface area contributed by atoms with Crippen LogP contribution in [0.5, 0.6) is 0 Å². The van der Waals surface area contributed by atoms with Crippen LogP contribution >= 0.6 is 11.3 Å². The van der Waals surface area contributed by atoms with Crippen molar-refractivity contribution in [3.63, 3.8) is 0 Å². The molecule has 3 rings (SSSR count). The summed E-state index contributed by atoms with van der Waals surface area (Å²) in [7, 11) is 0. The SMILES string of the molecule is O=C(/C=C/c1c(F)cccc1F)c1nc2ccccc2s1. The number of nitrogens with zero attached hydrogens (tertiary/aromatic N) is 1. The molecule has 104 valence electrons. The molecular formula is C16H9F2NOS. The second kappa shape index (κ2) is 5.54. The quantitative estimate of drug-likeness (QED) is 0.527. The van der Waals surface area contributed by atoms with Crippen molar-refractivity contribution in [1.29, 1.82) is 0 Å². The molecular weight excluding hydrogens is 292 g/mol. The summed E-state index contributed by atoms with van der Waals surface area (Å²) in [5.74, 6) is -1.79. The Morgan fingerprint density at radius 2 is 1.76 bits per heavy atom. The second-order valence-electron chi connectivity index (χ2n) is 4.32. The molecule has 0 bridgehead atoms. The van der Waals surface area contributed by atoms with Crippen molar-refractivity contribution >= 4 is 33.4 Å². The number of para-hydroxylation sites is 1. The molecule has 1 heterocycles. The Bertz CT molecular complexity index is 801. The highest BCUT2D eigenvalue weighted by Crippen LogP contribution is 2.22. The number of hydrogen-bond donors (Lipinski definition) is 0. The van der Waals surface area contributed by atoms with Crippen molar-refractivity contribution in [1.82, 2.24) is 4.98 Å². The Morgan fingerprint density at radius 1 is 1.05 bits per heavy atom. The van der Waals surface area contributed by atoms with Gasteiger partial charge in [-0.05, 0) is 36.4 Å². The Labute approximate surface area is 123 Å². The minimum atomic E-state index is -0.705. The zero-order valence-corrected chi connectivity index (χ0v) is 11.5. The summed E-state index contributed by atoms with van der Waals surface area (Å²) in [4.78, 5) is 16.2. The first-order valence-electron chi connectivity index (χ1n) is 6.17. The fraction of sp³-hybridized carbons (Fsp3) is 0. The van der Waals surface area contributed by atoms with E-state index in [1.54, 1.807) is 0 Å². The summed E-state index contributed by atoms with van der Waals surface area (Å²) in [5.41, 5.74) is 0.503. The number of carbonyl (C=O) groups excluding carboxylic acids is 1. The van der Waals surface area contributed by atoms with E-state index >= 15 is 0 Å². The third-order valence-corrected chi connectivity index (χ3v) is 3.96. The van der Waals surface area contributed by atoms with E-state index in [2.05, 4.69) is 4.98 Å². The second-order valence-corrected chi connectivity index (χ2v) is 5.35. The van der Waals surface area contributed by atoms with Crippen molar-refractivity contribution < 1.29 is 13.6 Å². The largest absolute Gasteiger partial charge is 0.287 e. The molecule has 1 aromatic heterocycles. The van der Waals surface area contributed by atoms with E-state index in [0.717, 1.165) is 34.5 Å². The van der Waals surface area contributed by atoms with Crippen LogP contribution in [0.3, 0.4) is 0 Å². The van der Waals surface area contributed by atoms with Gasteiger partial charge >= 0.3 is 0 Å². The predicted molar refractivity (Wildman–Crippen MR) is 79.3 cm³/mol. The van der Waals surface area contributed by atoms with Gasteiger partial charge < -0.3 is 0 Å². The minimum absolute atomic E-state index is 0.230. The van der Waals surface area contributed by atoms with Gasteiger partial charge in [-0.1, -0.05) is 18.2 Å². The number of fused-ring (bicyclic) bond motifs is 1. The zero-order valence-electron chi connectivity index (χ0n) is 10.7. The molecule has 3 aromatic rings. The van der Waals surface area contributed by atoms with Gasteiger partial charge in [0.25, 0.3) is 0 Å². The highest BCUT2D eigenvalue weighted by Gasteiger charge is 2.10. The van der Waals surface area contributed by atoms with E-state index < -0.39 is 11.6 Å². The number of halogens is 2. The van der Waals surface area contributed by atoms with Gasteiger partial charge in [0.05, 0.1) is 10.2 Å². The fourth-order valence-electron chi connectivity index (χ4n) is 1.88. The van der Waals surface area contributed by atoms with Gasteiger partial charge in [0.15, 0.2) is 5.01 Å². The van der Waals surface area contributed by atoms with Gasteiger partial charge in [-0.25, -0.2) is 13.8 Å². The number of allylic oxidation sites excluding steroid dienone is 1. The summed E-state index contributed by atoms with van der Waals surface area (Å²) in [5, 5.41) is 0.296. The van der Waals surface area contributed by atoms with Crippen LogP contribution in [0.15, 0.2) is 48.5 Å². The molecule has 0 unspecified atom stereocenters. The van der Waals surface area contributed by atoms with E-state index in [9.17, 15) is 13.6 Å². The maximum Gasteiger partial charge on any atom is 0.214 e. The molecule has 2 nitrogen and oxygen atoms in total. The third kappa shape index (κ3) is 2.73. The Morgan fingerprint density at radius 3 is 2.48 bits per heavy atom. The molecule has 21 heavy (non-hydrogen) atoms. The molecule has 5 heteroatoms. The van der Waals surface area contributed by atoms with Crippen LogP contribution in [0.4, 0.5) is 8.78 Å². The standard InChI is InChI=1S/C16H9F2NOS/c17-11-4-3-5-12(18)10(11)8-9-14(20)16-19-13-6-1-2-7-15(13)21-16/h1-9H/b9-8+. The number of aromatic nitrogens is 1. The van der Waals surface area contributed by atoms with Crippen molar-refractivity contribution in [3.8, 4) is 0 Å². The van der Waals surface area contributed by atoms with Crippen molar-refractivity contribution in [2.75, 3.05) is 0 Å². The average Bonchev–Trinajstić information content (AvgIpc) is 2.90. The van der Waals surface area contributed by atoms with Gasteiger partial charge in [-0.3, -0.25) is 4.79 Å². The van der Waals surface area contributed by atoms with E-state index in [1.165, 1.54) is 17.4 Å². The van der Waals surface area contributed by atoms with Crippen molar-refractivity contribution in [2.45, 2.75) is 0 Å². The van der Waals surface area contributed by atoms with Gasteiger partial charge in [-0.15, -0.1) is 11.3 Å². The van der Waals surface area contributed by atoms with Crippen LogP contribution in [-0.4, -0.2) is 10.8 Å². The topological polar surface area (TPSA) is 30.0 Å². The van der Waals surface area contributed by atoms with Crippen LogP contribution in [0.1, 0.15) is 15.4 Å². The van der Waals surface area contributed by atoms with E-state index in [4.69, 9.17) is 0 Å². The number of ketones is 1. The predicted octanol–water partition coefficient (Wildman–Crippen LogP) is 4.47. The third-order valence-electron chi connectivity index (χ3n) is 2.91. The minimum Gasteiger partial charge on any atom is -0.287 e. The Balaban J connectivity index is 1.90. The molecule has 0 aliphatic carbocycles. The molecule has 0 saturated heterocycles. The van der Waals surface area contributed by atoms with Crippen LogP contribution < -0.4 is 0 Å². The molecule has 0 aliphatic rings. The first-order chi connectivity index (χ1) is 10.1. The molecule has 0 saturated carbocycles. The highest BCUT2D eigenvalue weighted by molar-refractivity contribution is 7.20.